The number of rotatable bonds is 7. The van der Waals surface area contributed by atoms with Gasteiger partial charge in [-0.25, -0.2) is 0 Å². The smallest absolute Gasteiger partial charge is 0.351 e. The van der Waals surface area contributed by atoms with Gasteiger partial charge < -0.3 is 30.3 Å². The predicted molar refractivity (Wildman–Crippen MR) is 160 cm³/mol. The zero-order chi connectivity index (χ0) is 32.0. The van der Waals surface area contributed by atoms with E-state index in [-0.39, 0.29) is 23.0 Å². The number of carbonyl (C=O) groups is 3. The Balaban J connectivity index is 1.33. The van der Waals surface area contributed by atoms with Crippen molar-refractivity contribution in [3.05, 3.63) is 70.9 Å². The molecule has 1 unspecified atom stereocenters. The van der Waals surface area contributed by atoms with E-state index in [0.717, 1.165) is 37.0 Å². The number of carbonyl (C=O) groups excluding carboxylic acids is 3. The standard InChI is InChI=1S/C31H37F2N4O6P/c1-30(2,3)26(36-27(38)24-17-19-16-20(13-14-22(19)34-24)31(32,33)44(41,42)43)29(40)37-15-7-12-25(37)28(39)35-23-11-6-9-18-8-4-5-10-21(18)23/h4-5,8,10,13-14,16-17,23,25-26,34H,6-7,9,11-12,15H2,1-3H3,(H,35,39)(H,36,38)(H2,41,42,43)/t23-,25-,26?/m0/s1. The summed E-state index contributed by atoms with van der Waals surface area (Å²) in [6.07, 6.45) is 3.86. The number of benzene rings is 2. The molecule has 3 amide bonds. The van der Waals surface area contributed by atoms with Crippen molar-refractivity contribution in [2.24, 2.45) is 5.41 Å². The van der Waals surface area contributed by atoms with E-state index < -0.39 is 48.1 Å². The first-order chi connectivity index (χ1) is 20.6. The third kappa shape index (κ3) is 6.16. The number of aryl methyl sites for hydroxylation is 1. The van der Waals surface area contributed by atoms with Crippen LogP contribution in [0.3, 0.4) is 0 Å². The number of hydrogen-bond donors (Lipinski definition) is 5. The van der Waals surface area contributed by atoms with Crippen LogP contribution in [0.25, 0.3) is 10.9 Å². The Hall–Kier alpha value is -3.60. The van der Waals surface area contributed by atoms with Crippen LogP contribution < -0.4 is 10.6 Å². The fourth-order valence-electron chi connectivity index (χ4n) is 6.11. The lowest BCUT2D eigenvalue weighted by atomic mass is 9.85. The summed E-state index contributed by atoms with van der Waals surface area (Å²) < 4.78 is 39.8. The van der Waals surface area contributed by atoms with E-state index in [9.17, 15) is 27.7 Å². The number of H-pyrrole nitrogens is 1. The van der Waals surface area contributed by atoms with Crippen molar-refractivity contribution in [3.63, 3.8) is 0 Å². The molecular weight excluding hydrogens is 593 g/mol. The van der Waals surface area contributed by atoms with Gasteiger partial charge in [0.25, 0.3) is 5.91 Å². The van der Waals surface area contributed by atoms with Gasteiger partial charge in [-0.05, 0) is 66.8 Å². The molecule has 1 fully saturated rings. The first-order valence-electron chi connectivity index (χ1n) is 14.6. The van der Waals surface area contributed by atoms with Crippen LogP contribution in [0.15, 0.2) is 48.5 Å². The summed E-state index contributed by atoms with van der Waals surface area (Å²) in [5, 5.41) is 6.06. The average Bonchev–Trinajstić information content (AvgIpc) is 3.62. The lowest BCUT2D eigenvalue weighted by Crippen LogP contribution is -2.57. The molecule has 0 saturated carbocycles. The molecule has 44 heavy (non-hydrogen) atoms. The average molecular weight is 631 g/mol. The van der Waals surface area contributed by atoms with Gasteiger partial charge in [-0.3, -0.25) is 18.9 Å². The quantitative estimate of drug-likeness (QED) is 0.238. The molecule has 2 heterocycles. The molecule has 2 aromatic carbocycles. The van der Waals surface area contributed by atoms with Gasteiger partial charge in [0.1, 0.15) is 17.8 Å². The van der Waals surface area contributed by atoms with Crippen LogP contribution >= 0.6 is 7.60 Å². The van der Waals surface area contributed by atoms with E-state index in [1.165, 1.54) is 22.6 Å². The second-order valence-corrected chi connectivity index (χ2v) is 14.3. The van der Waals surface area contributed by atoms with Crippen molar-refractivity contribution in [2.45, 2.75) is 76.7 Å². The summed E-state index contributed by atoms with van der Waals surface area (Å²) in [6, 6.07) is 10.5. The molecule has 1 aromatic heterocycles. The van der Waals surface area contributed by atoms with Gasteiger partial charge in [-0.15, -0.1) is 0 Å². The first-order valence-corrected chi connectivity index (χ1v) is 16.3. The number of aromatic amines is 1. The van der Waals surface area contributed by atoms with Crippen LogP contribution in [0, 0.1) is 5.41 Å². The Kier molecular flexibility index (Phi) is 8.48. The lowest BCUT2D eigenvalue weighted by molar-refractivity contribution is -0.142. The van der Waals surface area contributed by atoms with E-state index in [1.807, 2.05) is 18.2 Å². The van der Waals surface area contributed by atoms with Crippen molar-refractivity contribution in [2.75, 3.05) is 6.54 Å². The molecule has 5 rings (SSSR count). The van der Waals surface area contributed by atoms with Gasteiger partial charge >= 0.3 is 13.3 Å². The molecule has 0 radical (unpaired) electrons. The number of likely N-dealkylation sites (tertiary alicyclic amines) is 1. The van der Waals surface area contributed by atoms with Crippen LogP contribution in [-0.4, -0.2) is 56.0 Å². The SMILES string of the molecule is CC(C)(C)C(NC(=O)c1cc2cc(C(F)(F)P(=O)(O)O)ccc2[nH]1)C(=O)N1CCC[C@H]1C(=O)N[C@H]1CCCc2ccccc21. The molecule has 236 valence electrons. The first kappa shape index (κ1) is 31.8. The minimum Gasteiger partial charge on any atom is -0.351 e. The molecule has 1 saturated heterocycles. The highest BCUT2D eigenvalue weighted by Gasteiger charge is 2.50. The van der Waals surface area contributed by atoms with Gasteiger partial charge in [0.2, 0.25) is 11.8 Å². The van der Waals surface area contributed by atoms with E-state index in [2.05, 4.69) is 21.7 Å². The zero-order valence-corrected chi connectivity index (χ0v) is 25.7. The minimum atomic E-state index is -5.77. The normalized spacial score (nSPS) is 19.8. The summed E-state index contributed by atoms with van der Waals surface area (Å²) in [5.41, 5.74) is -3.46. The molecular formula is C31H37F2N4O6P. The largest absolute Gasteiger partial charge is 0.399 e. The van der Waals surface area contributed by atoms with Gasteiger partial charge in [0, 0.05) is 23.0 Å². The third-order valence-electron chi connectivity index (χ3n) is 8.49. The monoisotopic (exact) mass is 630 g/mol. The molecule has 2 aliphatic rings. The molecule has 0 bridgehead atoms. The highest BCUT2D eigenvalue weighted by molar-refractivity contribution is 7.52. The predicted octanol–water partition coefficient (Wildman–Crippen LogP) is 4.72. The van der Waals surface area contributed by atoms with Gasteiger partial charge in [0.15, 0.2) is 0 Å². The number of hydrogen-bond acceptors (Lipinski definition) is 4. The topological polar surface area (TPSA) is 152 Å². The number of amides is 3. The van der Waals surface area contributed by atoms with E-state index in [1.54, 1.807) is 20.8 Å². The molecule has 5 N–H and O–H groups in total. The second-order valence-electron chi connectivity index (χ2n) is 12.7. The van der Waals surface area contributed by atoms with Crippen molar-refractivity contribution >= 4 is 36.2 Å². The molecule has 13 heteroatoms. The van der Waals surface area contributed by atoms with Gasteiger partial charge in [0.05, 0.1) is 6.04 Å². The highest BCUT2D eigenvalue weighted by Crippen LogP contribution is 2.59. The maximum Gasteiger partial charge on any atom is 0.399 e. The molecule has 3 atom stereocenters. The number of nitrogens with zero attached hydrogens (tertiary/aromatic N) is 1. The summed E-state index contributed by atoms with van der Waals surface area (Å²) in [7, 11) is -5.77. The number of halogens is 2. The van der Waals surface area contributed by atoms with Crippen molar-refractivity contribution in [1.29, 1.82) is 0 Å². The van der Waals surface area contributed by atoms with Crippen LogP contribution in [0.2, 0.25) is 0 Å². The Bertz CT molecular complexity index is 1650. The van der Waals surface area contributed by atoms with E-state index in [4.69, 9.17) is 9.79 Å². The Morgan fingerprint density at radius 1 is 1.05 bits per heavy atom. The summed E-state index contributed by atoms with van der Waals surface area (Å²) in [6.45, 7) is 5.74. The van der Waals surface area contributed by atoms with Crippen molar-refractivity contribution in [3.8, 4) is 0 Å². The van der Waals surface area contributed by atoms with Crippen LogP contribution in [-0.2, 0) is 26.2 Å². The van der Waals surface area contributed by atoms with Crippen LogP contribution in [0.1, 0.15) is 79.7 Å². The minimum absolute atomic E-state index is 0.0228. The van der Waals surface area contributed by atoms with Crippen LogP contribution in [0.5, 0.6) is 0 Å². The second kappa shape index (κ2) is 11.7. The molecule has 0 spiro atoms. The molecule has 10 nitrogen and oxygen atoms in total. The summed E-state index contributed by atoms with van der Waals surface area (Å²) in [5.74, 6) is -1.29. The summed E-state index contributed by atoms with van der Waals surface area (Å²) >= 11 is 0. The summed E-state index contributed by atoms with van der Waals surface area (Å²) in [4.78, 5) is 63.3. The van der Waals surface area contributed by atoms with Crippen molar-refractivity contribution in [1.82, 2.24) is 20.5 Å². The third-order valence-corrected chi connectivity index (χ3v) is 9.48. The molecule has 1 aliphatic heterocycles. The zero-order valence-electron chi connectivity index (χ0n) is 24.8. The fraction of sp³-hybridized carbons (Fsp3) is 0.452. The lowest BCUT2D eigenvalue weighted by Gasteiger charge is -2.36. The Morgan fingerprint density at radius 2 is 1.77 bits per heavy atom. The fourth-order valence-corrected chi connectivity index (χ4v) is 6.58. The molecule has 3 aromatic rings. The van der Waals surface area contributed by atoms with Gasteiger partial charge in [-0.2, -0.15) is 8.78 Å². The van der Waals surface area contributed by atoms with E-state index >= 15 is 0 Å². The van der Waals surface area contributed by atoms with Crippen LogP contribution in [0.4, 0.5) is 8.78 Å². The highest BCUT2D eigenvalue weighted by atomic mass is 31.2. The Morgan fingerprint density at radius 3 is 2.48 bits per heavy atom. The molecule has 1 aliphatic carbocycles. The number of alkyl halides is 2. The Labute approximate surface area is 253 Å². The maximum atomic E-state index is 14.3. The van der Waals surface area contributed by atoms with Gasteiger partial charge in [-0.1, -0.05) is 51.1 Å². The van der Waals surface area contributed by atoms with Crippen molar-refractivity contribution < 1.29 is 37.5 Å². The number of aromatic nitrogens is 1. The number of fused-ring (bicyclic) bond motifs is 2. The maximum absolute atomic E-state index is 14.3. The van der Waals surface area contributed by atoms with E-state index in [0.29, 0.717) is 24.9 Å². The number of nitrogens with one attached hydrogen (secondary N) is 3.